The number of hydrogen-bond donors (Lipinski definition) is 2. The molecule has 0 atom stereocenters. The van der Waals surface area contributed by atoms with E-state index in [1.54, 1.807) is 36.4 Å². The van der Waals surface area contributed by atoms with Gasteiger partial charge in [0.15, 0.2) is 0 Å². The van der Waals surface area contributed by atoms with Crippen molar-refractivity contribution in [2.75, 3.05) is 15.5 Å². The van der Waals surface area contributed by atoms with Crippen molar-refractivity contribution in [1.82, 2.24) is 0 Å². The molecule has 2 N–H and O–H groups in total. The van der Waals surface area contributed by atoms with Crippen LogP contribution in [0.1, 0.15) is 46.8 Å². The Kier molecular flexibility index (Phi) is 6.76. The van der Waals surface area contributed by atoms with Gasteiger partial charge in [-0.25, -0.2) is 4.90 Å². The zero-order valence-electron chi connectivity index (χ0n) is 20.0. The van der Waals surface area contributed by atoms with E-state index in [0.717, 1.165) is 27.3 Å². The van der Waals surface area contributed by atoms with E-state index in [2.05, 4.69) is 24.5 Å². The van der Waals surface area contributed by atoms with Crippen LogP contribution in [0.25, 0.3) is 0 Å². The van der Waals surface area contributed by atoms with E-state index in [-0.39, 0.29) is 16.6 Å². The van der Waals surface area contributed by atoms with E-state index in [1.807, 2.05) is 44.2 Å². The van der Waals surface area contributed by atoms with Gasteiger partial charge in [-0.2, -0.15) is 0 Å². The molecule has 178 valence electrons. The molecule has 0 aliphatic carbocycles. The summed E-state index contributed by atoms with van der Waals surface area (Å²) in [7, 11) is 0. The number of hydrogen-bond acceptors (Lipinski definition) is 4. The van der Waals surface area contributed by atoms with Crippen molar-refractivity contribution in [2.24, 2.45) is 0 Å². The minimum Gasteiger partial charge on any atom is -0.350 e. The fourth-order valence-electron chi connectivity index (χ4n) is 3.82. The normalized spacial score (nSPS) is 13.6. The fourth-order valence-corrected chi connectivity index (χ4v) is 4.03. The second-order valence-electron chi connectivity index (χ2n) is 8.79. The van der Waals surface area contributed by atoms with Gasteiger partial charge in [0.05, 0.1) is 5.69 Å². The fraction of sp³-hybridized carbons (Fsp3) is 0.179. The van der Waals surface area contributed by atoms with Crippen molar-refractivity contribution >= 4 is 46.4 Å². The topological polar surface area (TPSA) is 78.5 Å². The molecule has 0 aromatic heterocycles. The zero-order chi connectivity index (χ0) is 25.3. The summed E-state index contributed by atoms with van der Waals surface area (Å²) >= 11 is 6.27. The van der Waals surface area contributed by atoms with Gasteiger partial charge in [0, 0.05) is 16.9 Å². The molecular weight excluding hydrogens is 462 g/mol. The Balaban J connectivity index is 1.53. The molecular formula is C28H26ClN3O3. The molecule has 0 unspecified atom stereocenters. The lowest BCUT2D eigenvalue weighted by atomic mass is 10.0. The third-order valence-corrected chi connectivity index (χ3v) is 6.44. The summed E-state index contributed by atoms with van der Waals surface area (Å²) in [6.45, 7) is 8.06. The van der Waals surface area contributed by atoms with E-state index >= 15 is 0 Å². The summed E-state index contributed by atoms with van der Waals surface area (Å²) < 4.78 is 0. The Labute approximate surface area is 209 Å². The summed E-state index contributed by atoms with van der Waals surface area (Å²) in [5, 5.41) is 5.65. The first-order chi connectivity index (χ1) is 16.7. The number of carbonyl (C=O) groups is 3. The number of anilines is 3. The molecule has 0 saturated carbocycles. The average molecular weight is 488 g/mol. The summed E-state index contributed by atoms with van der Waals surface area (Å²) in [6.07, 6.45) is 0. The lowest BCUT2D eigenvalue weighted by Gasteiger charge is -2.16. The molecule has 0 bridgehead atoms. The van der Waals surface area contributed by atoms with Crippen LogP contribution in [-0.2, 0) is 9.59 Å². The number of carbonyl (C=O) groups excluding carboxylic acids is 3. The maximum Gasteiger partial charge on any atom is 0.283 e. The predicted octanol–water partition coefficient (Wildman–Crippen LogP) is 6.11. The molecule has 6 nitrogen and oxygen atoms in total. The zero-order valence-corrected chi connectivity index (χ0v) is 20.7. The van der Waals surface area contributed by atoms with Gasteiger partial charge in [-0.15, -0.1) is 0 Å². The van der Waals surface area contributed by atoms with Crippen LogP contribution in [0.15, 0.2) is 77.5 Å². The monoisotopic (exact) mass is 487 g/mol. The minimum absolute atomic E-state index is 0.0308. The molecule has 1 aliphatic heterocycles. The Hall–Kier alpha value is -3.90. The second kappa shape index (κ2) is 9.76. The van der Waals surface area contributed by atoms with E-state index in [4.69, 9.17) is 11.6 Å². The highest BCUT2D eigenvalue weighted by molar-refractivity contribution is 6.53. The van der Waals surface area contributed by atoms with Gasteiger partial charge < -0.3 is 10.6 Å². The Morgan fingerprint density at radius 1 is 0.914 bits per heavy atom. The maximum absolute atomic E-state index is 13.1. The molecule has 3 amide bonds. The standard InChI is InChI=1S/C28H26ClN3O3/c1-16(2)19-11-13-22(14-12-19)32-27(34)24(29)25(28(32)35)30-21-9-6-8-20(15-21)26(33)31-23-10-5-7-17(3)18(23)4/h5-16,30H,1-4H3,(H,31,33). The molecule has 1 aliphatic rings. The first-order valence-electron chi connectivity index (χ1n) is 11.3. The number of amides is 3. The van der Waals surface area contributed by atoms with Gasteiger partial charge >= 0.3 is 0 Å². The third-order valence-electron chi connectivity index (χ3n) is 6.09. The Morgan fingerprint density at radius 3 is 2.29 bits per heavy atom. The summed E-state index contributed by atoms with van der Waals surface area (Å²) in [5.74, 6) is -1.11. The molecule has 0 saturated heterocycles. The largest absolute Gasteiger partial charge is 0.350 e. The van der Waals surface area contributed by atoms with Crippen LogP contribution in [0, 0.1) is 13.8 Å². The maximum atomic E-state index is 13.1. The first-order valence-corrected chi connectivity index (χ1v) is 11.7. The van der Waals surface area contributed by atoms with E-state index in [0.29, 0.717) is 22.9 Å². The van der Waals surface area contributed by atoms with Gasteiger partial charge in [0.2, 0.25) is 0 Å². The van der Waals surface area contributed by atoms with Crippen LogP contribution < -0.4 is 15.5 Å². The molecule has 35 heavy (non-hydrogen) atoms. The van der Waals surface area contributed by atoms with Crippen molar-refractivity contribution in [2.45, 2.75) is 33.6 Å². The van der Waals surface area contributed by atoms with Crippen LogP contribution in [-0.4, -0.2) is 17.7 Å². The van der Waals surface area contributed by atoms with Gasteiger partial charge in [-0.3, -0.25) is 14.4 Å². The molecule has 0 radical (unpaired) electrons. The Morgan fingerprint density at radius 2 is 1.60 bits per heavy atom. The van der Waals surface area contributed by atoms with Crippen LogP contribution in [0.3, 0.4) is 0 Å². The molecule has 0 spiro atoms. The third kappa shape index (κ3) is 4.84. The lowest BCUT2D eigenvalue weighted by molar-refractivity contribution is -0.120. The molecule has 3 aromatic rings. The van der Waals surface area contributed by atoms with Crippen LogP contribution in [0.5, 0.6) is 0 Å². The van der Waals surface area contributed by atoms with E-state index < -0.39 is 11.8 Å². The van der Waals surface area contributed by atoms with Gasteiger partial charge in [-0.05, 0) is 72.9 Å². The smallest absolute Gasteiger partial charge is 0.283 e. The second-order valence-corrected chi connectivity index (χ2v) is 9.17. The number of rotatable bonds is 6. The highest BCUT2D eigenvalue weighted by atomic mass is 35.5. The van der Waals surface area contributed by atoms with Crippen LogP contribution >= 0.6 is 11.6 Å². The first kappa shape index (κ1) is 24.2. The molecule has 3 aromatic carbocycles. The number of nitrogens with one attached hydrogen (secondary N) is 2. The van der Waals surface area contributed by atoms with Crippen molar-refractivity contribution in [3.63, 3.8) is 0 Å². The summed E-state index contributed by atoms with van der Waals surface area (Å²) in [4.78, 5) is 39.8. The summed E-state index contributed by atoms with van der Waals surface area (Å²) in [5.41, 5.74) is 5.17. The van der Waals surface area contributed by atoms with Crippen LogP contribution in [0.2, 0.25) is 0 Å². The molecule has 7 heteroatoms. The number of aryl methyl sites for hydroxylation is 1. The Bertz CT molecular complexity index is 1360. The SMILES string of the molecule is Cc1cccc(NC(=O)c2cccc(NC3=C(Cl)C(=O)N(c4ccc(C(C)C)cc4)C3=O)c2)c1C. The number of nitrogens with zero attached hydrogens (tertiary/aromatic N) is 1. The van der Waals surface area contributed by atoms with Crippen molar-refractivity contribution in [3.8, 4) is 0 Å². The number of benzene rings is 3. The molecule has 1 heterocycles. The summed E-state index contributed by atoms with van der Waals surface area (Å²) in [6, 6.07) is 19.6. The van der Waals surface area contributed by atoms with Gasteiger partial charge in [0.1, 0.15) is 10.7 Å². The van der Waals surface area contributed by atoms with Crippen LogP contribution in [0.4, 0.5) is 17.1 Å². The number of imide groups is 1. The highest BCUT2D eigenvalue weighted by Gasteiger charge is 2.39. The van der Waals surface area contributed by atoms with Gasteiger partial charge in [-0.1, -0.05) is 55.8 Å². The average Bonchev–Trinajstić information content (AvgIpc) is 3.05. The minimum atomic E-state index is -0.597. The molecule has 4 rings (SSSR count). The van der Waals surface area contributed by atoms with E-state index in [9.17, 15) is 14.4 Å². The lowest BCUT2D eigenvalue weighted by Crippen LogP contribution is -2.32. The van der Waals surface area contributed by atoms with Crippen molar-refractivity contribution in [3.05, 3.63) is 99.7 Å². The van der Waals surface area contributed by atoms with Gasteiger partial charge in [0.25, 0.3) is 17.7 Å². The highest BCUT2D eigenvalue weighted by Crippen LogP contribution is 2.31. The number of halogens is 1. The predicted molar refractivity (Wildman–Crippen MR) is 140 cm³/mol. The van der Waals surface area contributed by atoms with E-state index in [1.165, 1.54) is 0 Å². The van der Waals surface area contributed by atoms with Crippen molar-refractivity contribution < 1.29 is 14.4 Å². The molecule has 0 fully saturated rings. The quantitative estimate of drug-likeness (QED) is 0.411. The van der Waals surface area contributed by atoms with Crippen molar-refractivity contribution in [1.29, 1.82) is 0 Å².